The van der Waals surface area contributed by atoms with Crippen LogP contribution in [-0.4, -0.2) is 32.3 Å². The maximum atomic E-state index is 9.89. The average molecular weight is 267 g/mol. The molecule has 1 aliphatic heterocycles. The molecule has 0 amide bonds. The van der Waals surface area contributed by atoms with Gasteiger partial charge in [0.1, 0.15) is 5.69 Å². The molecule has 3 N–H and O–H groups in total. The van der Waals surface area contributed by atoms with E-state index in [9.17, 15) is 5.11 Å². The largest absolute Gasteiger partial charge is 0.492 e. The van der Waals surface area contributed by atoms with Crippen molar-refractivity contribution in [3.05, 3.63) is 29.6 Å². The molecule has 0 atom stereocenters. The normalized spacial score (nSPS) is 18.5. The van der Waals surface area contributed by atoms with Crippen LogP contribution in [0.3, 0.4) is 0 Å². The Bertz CT molecular complexity index is 727. The van der Waals surface area contributed by atoms with Gasteiger partial charge in [0.2, 0.25) is 11.8 Å². The van der Waals surface area contributed by atoms with Crippen molar-refractivity contribution in [2.75, 3.05) is 5.32 Å². The van der Waals surface area contributed by atoms with Crippen LogP contribution in [0.25, 0.3) is 11.6 Å². The van der Waals surface area contributed by atoms with E-state index in [4.69, 9.17) is 0 Å². The first-order valence-corrected chi connectivity index (χ1v) is 6.56. The topological polar surface area (TPSA) is 86.2 Å². The lowest BCUT2D eigenvalue weighted by Gasteiger charge is -1.98. The predicted molar refractivity (Wildman–Crippen MR) is 77.2 cm³/mol. The number of aromatic hydroxyl groups is 1. The van der Waals surface area contributed by atoms with Crippen molar-refractivity contribution in [1.82, 2.24) is 15.0 Å². The number of fused-ring (bicyclic) bond motifs is 1. The van der Waals surface area contributed by atoms with E-state index in [-0.39, 0.29) is 5.88 Å². The van der Waals surface area contributed by atoms with Crippen LogP contribution >= 0.6 is 0 Å². The highest BCUT2D eigenvalue weighted by Crippen LogP contribution is 2.32. The zero-order valence-electron chi connectivity index (χ0n) is 10.7. The van der Waals surface area contributed by atoms with Crippen LogP contribution < -0.4 is 5.32 Å². The minimum atomic E-state index is -0.00797. The van der Waals surface area contributed by atoms with Crippen LogP contribution in [0.5, 0.6) is 5.88 Å². The Kier molecular flexibility index (Phi) is 2.35. The van der Waals surface area contributed by atoms with Crippen molar-refractivity contribution < 1.29 is 5.11 Å². The minimum absolute atomic E-state index is 0.00797. The fraction of sp³-hybridized carbons (Fsp3) is 0.214. The molecular weight excluding hydrogens is 254 g/mol. The predicted octanol–water partition coefficient (Wildman–Crippen LogP) is 2.34. The molecule has 1 saturated carbocycles. The second-order valence-electron chi connectivity index (χ2n) is 4.97. The van der Waals surface area contributed by atoms with Gasteiger partial charge in [0.25, 0.3) is 0 Å². The van der Waals surface area contributed by atoms with Crippen molar-refractivity contribution in [3.8, 4) is 5.88 Å². The minimum Gasteiger partial charge on any atom is -0.492 e. The van der Waals surface area contributed by atoms with Crippen molar-refractivity contribution in [2.24, 2.45) is 4.99 Å². The fourth-order valence-corrected chi connectivity index (χ4v) is 2.16. The molecule has 1 fully saturated rings. The molecule has 6 heteroatoms. The summed E-state index contributed by atoms with van der Waals surface area (Å²) in [4.78, 5) is 15.6. The van der Waals surface area contributed by atoms with Gasteiger partial charge >= 0.3 is 0 Å². The van der Waals surface area contributed by atoms with E-state index in [1.165, 1.54) is 0 Å². The van der Waals surface area contributed by atoms with Crippen LogP contribution in [0, 0.1) is 0 Å². The number of aromatic amines is 1. The molecule has 2 aromatic rings. The quantitative estimate of drug-likeness (QED) is 0.796. The van der Waals surface area contributed by atoms with Crippen molar-refractivity contribution in [3.63, 3.8) is 0 Å². The summed E-state index contributed by atoms with van der Waals surface area (Å²) in [6.45, 7) is 0. The third kappa shape index (κ3) is 1.95. The Morgan fingerprint density at radius 3 is 3.15 bits per heavy atom. The van der Waals surface area contributed by atoms with Crippen molar-refractivity contribution in [1.29, 1.82) is 0 Å². The number of pyridine rings is 1. The summed E-state index contributed by atoms with van der Waals surface area (Å²) in [7, 11) is 0. The van der Waals surface area contributed by atoms with Gasteiger partial charge in [0.15, 0.2) is 5.82 Å². The van der Waals surface area contributed by atoms with E-state index >= 15 is 0 Å². The lowest BCUT2D eigenvalue weighted by molar-refractivity contribution is 0.455. The third-order valence-electron chi connectivity index (χ3n) is 3.35. The van der Waals surface area contributed by atoms with Crippen LogP contribution in [0.4, 0.5) is 11.8 Å². The molecule has 2 aromatic heterocycles. The summed E-state index contributed by atoms with van der Waals surface area (Å²) in [5, 5.41) is 13.1. The number of allylic oxidation sites excluding steroid dienone is 1. The lowest BCUT2D eigenvalue weighted by atomic mass is 10.1. The first kappa shape index (κ1) is 11.2. The molecule has 20 heavy (non-hydrogen) atoms. The summed E-state index contributed by atoms with van der Waals surface area (Å²) in [5.41, 5.74) is 2.44. The van der Waals surface area contributed by atoms with Crippen molar-refractivity contribution >= 4 is 29.6 Å². The van der Waals surface area contributed by atoms with Gasteiger partial charge in [-0.25, -0.2) is 9.98 Å². The molecule has 0 aromatic carbocycles. The second kappa shape index (κ2) is 4.19. The number of nitrogens with one attached hydrogen (secondary N) is 2. The Balaban J connectivity index is 1.67. The molecule has 1 aliphatic carbocycles. The maximum Gasteiger partial charge on any atom is 0.238 e. The molecule has 3 heterocycles. The number of imidazole rings is 1. The third-order valence-corrected chi connectivity index (χ3v) is 3.35. The number of hydrogen-bond donors (Lipinski definition) is 3. The number of anilines is 1. The van der Waals surface area contributed by atoms with Gasteiger partial charge < -0.3 is 15.4 Å². The smallest absolute Gasteiger partial charge is 0.238 e. The van der Waals surface area contributed by atoms with Gasteiger partial charge in [-0.1, -0.05) is 0 Å². The summed E-state index contributed by atoms with van der Waals surface area (Å²) in [5.74, 6) is 1.30. The van der Waals surface area contributed by atoms with Crippen LogP contribution in [-0.2, 0) is 0 Å². The number of H-pyrrole nitrogens is 1. The zero-order valence-corrected chi connectivity index (χ0v) is 10.7. The summed E-state index contributed by atoms with van der Waals surface area (Å²) in [6, 6.07) is 4.31. The first-order chi connectivity index (χ1) is 9.79. The molecule has 0 spiro atoms. The molecule has 2 aliphatic rings. The van der Waals surface area contributed by atoms with Crippen LogP contribution in [0.2, 0.25) is 0 Å². The van der Waals surface area contributed by atoms with Crippen LogP contribution in [0.1, 0.15) is 24.1 Å². The maximum absolute atomic E-state index is 9.89. The van der Waals surface area contributed by atoms with Gasteiger partial charge in [-0.05, 0) is 31.1 Å². The number of aliphatic imine (C=N–C) groups is 1. The number of rotatable bonds is 3. The molecule has 0 unspecified atom stereocenters. The first-order valence-electron chi connectivity index (χ1n) is 6.56. The Morgan fingerprint density at radius 2 is 2.30 bits per heavy atom. The van der Waals surface area contributed by atoms with E-state index in [0.29, 0.717) is 23.5 Å². The highest BCUT2D eigenvalue weighted by Gasteiger charge is 2.23. The summed E-state index contributed by atoms with van der Waals surface area (Å²) in [6.07, 6.45) is 7.60. The SMILES string of the molecule is Oc1nc(NC2CC2)[nH]c1/C=C1\C=Nc2ncccc21. The van der Waals surface area contributed by atoms with E-state index in [1.54, 1.807) is 12.4 Å². The van der Waals surface area contributed by atoms with E-state index < -0.39 is 0 Å². The van der Waals surface area contributed by atoms with Crippen molar-refractivity contribution in [2.45, 2.75) is 18.9 Å². The molecule has 100 valence electrons. The van der Waals surface area contributed by atoms with E-state index in [1.807, 2.05) is 18.2 Å². The number of nitrogens with zero attached hydrogens (tertiary/aromatic N) is 3. The molecule has 0 saturated heterocycles. The Labute approximate surface area is 115 Å². The van der Waals surface area contributed by atoms with E-state index in [2.05, 4.69) is 25.3 Å². The van der Waals surface area contributed by atoms with E-state index in [0.717, 1.165) is 24.0 Å². The molecule has 6 nitrogen and oxygen atoms in total. The zero-order chi connectivity index (χ0) is 13.5. The second-order valence-corrected chi connectivity index (χ2v) is 4.97. The summed E-state index contributed by atoms with van der Waals surface area (Å²) >= 11 is 0. The number of aromatic nitrogens is 3. The van der Waals surface area contributed by atoms with Gasteiger partial charge in [-0.3, -0.25) is 0 Å². The average Bonchev–Trinajstić information content (AvgIpc) is 3.07. The molecule has 0 bridgehead atoms. The fourth-order valence-electron chi connectivity index (χ4n) is 2.16. The highest BCUT2D eigenvalue weighted by atomic mass is 16.3. The van der Waals surface area contributed by atoms with Crippen LogP contribution in [0.15, 0.2) is 23.3 Å². The monoisotopic (exact) mass is 267 g/mol. The number of hydrogen-bond acceptors (Lipinski definition) is 5. The van der Waals surface area contributed by atoms with Gasteiger partial charge in [-0.15, -0.1) is 0 Å². The van der Waals surface area contributed by atoms with Gasteiger partial charge in [0.05, 0.1) is 0 Å². The summed E-state index contributed by atoms with van der Waals surface area (Å²) < 4.78 is 0. The Hall–Kier alpha value is -2.63. The molecule has 0 radical (unpaired) electrons. The standard InChI is InChI=1S/C14H13N5O/c20-13-11(18-14(19-13)17-9-3-4-9)6-8-7-16-12-10(8)2-1-5-15-12/h1-2,5-7,9,20H,3-4H2,(H2,17,18,19)/b8-6+. The van der Waals surface area contributed by atoms with Gasteiger partial charge in [-0.2, -0.15) is 4.98 Å². The molecule has 4 rings (SSSR count). The molecular formula is C14H13N5O. The highest BCUT2D eigenvalue weighted by molar-refractivity contribution is 6.20. The Morgan fingerprint density at radius 1 is 1.40 bits per heavy atom. The van der Waals surface area contributed by atoms with Gasteiger partial charge in [0, 0.05) is 29.6 Å². The lowest BCUT2D eigenvalue weighted by Crippen LogP contribution is -2.01.